The fourth-order valence-electron chi connectivity index (χ4n) is 5.89. The number of allylic oxidation sites excluding steroid dienone is 6. The van der Waals surface area contributed by atoms with Crippen LogP contribution in [0.5, 0.6) is 11.8 Å². The van der Waals surface area contributed by atoms with E-state index in [2.05, 4.69) is 27.9 Å². The van der Waals surface area contributed by atoms with Gasteiger partial charge in [0.1, 0.15) is 32.2 Å². The molecule has 0 saturated heterocycles. The van der Waals surface area contributed by atoms with Gasteiger partial charge in [-0.25, -0.2) is 0 Å². The smallest absolute Gasteiger partial charge is 0.306 e. The Hall–Kier alpha value is -6.31. The molecule has 0 aliphatic heterocycles. The number of nitrogens with one attached hydrogen (secondary N) is 2. The van der Waals surface area contributed by atoms with Crippen LogP contribution in [-0.2, 0) is 38.7 Å². The van der Waals surface area contributed by atoms with Crippen molar-refractivity contribution >= 4 is 35.0 Å². The van der Waals surface area contributed by atoms with Gasteiger partial charge in [0.2, 0.25) is 17.7 Å². The van der Waals surface area contributed by atoms with Crippen LogP contribution in [0.25, 0.3) is 5.57 Å². The molecule has 0 spiro atoms. The first-order chi connectivity index (χ1) is 29.2. The van der Waals surface area contributed by atoms with Crippen LogP contribution < -0.4 is 14.8 Å². The Balaban J connectivity index is 1.73. The fraction of sp³-hybridized carbons (Fsp3) is 0.333. The molecule has 2 heterocycles. The monoisotopic (exact) mass is 857 g/mol. The number of aromatic nitrogens is 2. The topological polar surface area (TPSA) is 237 Å². The number of nitrogens with zero attached hydrogens (tertiary/aromatic N) is 3. The van der Waals surface area contributed by atoms with E-state index in [-0.39, 0.29) is 56.7 Å². The number of nitriles is 1. The van der Waals surface area contributed by atoms with Gasteiger partial charge in [0.15, 0.2) is 0 Å². The molecule has 0 amide bonds. The molecule has 0 radical (unpaired) electrons. The van der Waals surface area contributed by atoms with Gasteiger partial charge in [-0.1, -0.05) is 48.5 Å². The second kappa shape index (κ2) is 26.0. The van der Waals surface area contributed by atoms with Gasteiger partial charge in [0.05, 0.1) is 42.8 Å². The summed E-state index contributed by atoms with van der Waals surface area (Å²) < 4.78 is 23.0. The average molecular weight is 858 g/mol. The van der Waals surface area contributed by atoms with Gasteiger partial charge in [-0.05, 0) is 85.2 Å². The normalized spacial score (nSPS) is 13.1. The van der Waals surface area contributed by atoms with Crippen molar-refractivity contribution in [2.75, 3.05) is 26.8 Å². The fourth-order valence-corrected chi connectivity index (χ4v) is 6.09. The molecule has 0 bridgehead atoms. The summed E-state index contributed by atoms with van der Waals surface area (Å²) in [6, 6.07) is 13.1. The number of halogens is 1. The van der Waals surface area contributed by atoms with Crippen molar-refractivity contribution in [2.24, 2.45) is 0 Å². The highest BCUT2D eigenvalue weighted by molar-refractivity contribution is 6.31. The molecule has 61 heavy (non-hydrogen) atoms. The minimum Gasteiger partial charge on any atom is -0.495 e. The van der Waals surface area contributed by atoms with Crippen molar-refractivity contribution < 1.29 is 49.0 Å². The molecular weight excluding hydrogens is 806 g/mol. The second-order valence-corrected chi connectivity index (χ2v) is 14.2. The van der Waals surface area contributed by atoms with Crippen LogP contribution in [0.4, 0.5) is 0 Å². The van der Waals surface area contributed by atoms with E-state index in [1.165, 1.54) is 25.6 Å². The number of aliphatic carboxylic acids is 2. The molecule has 0 fully saturated rings. The van der Waals surface area contributed by atoms with Crippen molar-refractivity contribution in [3.05, 3.63) is 135 Å². The van der Waals surface area contributed by atoms with Crippen molar-refractivity contribution in [1.82, 2.24) is 15.3 Å². The number of benzene rings is 1. The number of carbonyl (C=O) groups is 2. The number of carboxylic acids is 2. The lowest BCUT2D eigenvalue weighted by Crippen LogP contribution is -2.31. The standard InChI is InChI=1S/C45H52ClN5O10/c1-5-8-39(40-12-7-10-34(30(40)3)27-59-28-36(46)18-35(44(48)58-4)24-50-25-38(53)20-43(56)57)29(2)15-16-60-41-14-13-33(9-6-11-37(52)19-42(54)55)45(51-41)61-26-32-17-31(21-47)22-49-23-32/h5,7-8,10,12-15,17-18,22-23,28,37-38,48,50,52-53H,1,6,9,11,16,19-20,24-27H2,2-4H3,(H,54,55)(H,56,57)/b29-15+,35-18-,36-28-,39-8+,48-44?/t37-,38+/m1/s1. The predicted molar refractivity (Wildman–Crippen MR) is 230 cm³/mol. The number of ether oxygens (including phenoxy) is 4. The number of aryl methyl sites for hydroxylation is 1. The number of aliphatic hydroxyl groups excluding tert-OH is 2. The lowest BCUT2D eigenvalue weighted by molar-refractivity contribution is -0.140. The Morgan fingerprint density at radius 2 is 1.82 bits per heavy atom. The van der Waals surface area contributed by atoms with Crippen LogP contribution in [0.15, 0.2) is 102 Å². The Labute approximate surface area is 360 Å². The molecule has 0 aliphatic rings. The minimum absolute atomic E-state index is 0.00538. The van der Waals surface area contributed by atoms with Crippen molar-refractivity contribution in [3.63, 3.8) is 0 Å². The first kappa shape index (κ1) is 49.1. The molecule has 2 aromatic heterocycles. The number of pyridine rings is 2. The number of methoxy groups -OCH3 is 1. The number of carboxylic acid groups (broad SMARTS) is 2. The van der Waals surface area contributed by atoms with Crippen molar-refractivity contribution in [3.8, 4) is 17.8 Å². The van der Waals surface area contributed by atoms with Gasteiger partial charge in [-0.2, -0.15) is 10.2 Å². The number of hydrogen-bond acceptors (Lipinski definition) is 13. The van der Waals surface area contributed by atoms with Crippen LogP contribution >= 0.6 is 11.6 Å². The zero-order valence-electron chi connectivity index (χ0n) is 34.4. The Morgan fingerprint density at radius 3 is 2.52 bits per heavy atom. The van der Waals surface area contributed by atoms with E-state index in [9.17, 15) is 25.1 Å². The van der Waals surface area contributed by atoms with Crippen LogP contribution in [0.2, 0.25) is 0 Å². The summed E-state index contributed by atoms with van der Waals surface area (Å²) in [5.41, 5.74) is 6.78. The molecule has 2 atom stereocenters. The summed E-state index contributed by atoms with van der Waals surface area (Å²) in [4.78, 5) is 30.5. The molecule has 3 aromatic rings. The van der Waals surface area contributed by atoms with Gasteiger partial charge in [0.25, 0.3) is 0 Å². The SMILES string of the molecule is C=C/C=C(\C(C)=C\COc1ccc(CCC[C@@H](O)CC(=O)O)c(OCc2cncc(C#N)c2)n1)c1cccc(CO/C=C(Cl)/C=C(/CNC[C@@H](O)CC(=O)O)C(=N)OC)c1C. The van der Waals surface area contributed by atoms with Crippen LogP contribution in [-0.4, -0.2) is 87.2 Å². The van der Waals surface area contributed by atoms with Gasteiger partial charge >= 0.3 is 11.9 Å². The third kappa shape index (κ3) is 17.4. The number of rotatable bonds is 26. The molecule has 1 aromatic carbocycles. The number of hydrogen-bond donors (Lipinski definition) is 6. The van der Waals surface area contributed by atoms with Crippen molar-refractivity contribution in [2.45, 2.75) is 71.4 Å². The van der Waals surface area contributed by atoms with E-state index in [1.807, 2.05) is 50.3 Å². The quantitative estimate of drug-likeness (QED) is 0.0217. The molecule has 6 N–H and O–H groups in total. The highest BCUT2D eigenvalue weighted by Gasteiger charge is 2.15. The van der Waals surface area contributed by atoms with E-state index in [0.29, 0.717) is 41.3 Å². The first-order valence-electron chi connectivity index (χ1n) is 19.2. The summed E-state index contributed by atoms with van der Waals surface area (Å²) in [6.07, 6.45) is 9.87. The minimum atomic E-state index is -1.12. The summed E-state index contributed by atoms with van der Waals surface area (Å²) in [5, 5.41) is 58.1. The Morgan fingerprint density at radius 1 is 1.07 bits per heavy atom. The maximum absolute atomic E-state index is 11.0. The Bertz CT molecular complexity index is 2160. The van der Waals surface area contributed by atoms with E-state index >= 15 is 0 Å². The zero-order chi connectivity index (χ0) is 44.7. The van der Waals surface area contributed by atoms with Crippen LogP contribution in [0.1, 0.15) is 66.0 Å². The molecular formula is C45H52ClN5O10. The third-order valence-corrected chi connectivity index (χ3v) is 9.22. The lowest BCUT2D eigenvalue weighted by Gasteiger charge is -2.16. The van der Waals surface area contributed by atoms with E-state index < -0.39 is 30.6 Å². The largest absolute Gasteiger partial charge is 0.495 e. The Kier molecular flexibility index (Phi) is 20.9. The summed E-state index contributed by atoms with van der Waals surface area (Å²) in [5.74, 6) is -1.74. The molecule has 0 saturated carbocycles. The molecule has 0 unspecified atom stereocenters. The van der Waals surface area contributed by atoms with Crippen LogP contribution in [0, 0.1) is 23.7 Å². The highest BCUT2D eigenvalue weighted by Crippen LogP contribution is 2.29. The zero-order valence-corrected chi connectivity index (χ0v) is 35.2. The van der Waals surface area contributed by atoms with E-state index in [0.717, 1.165) is 33.4 Å². The van der Waals surface area contributed by atoms with Gasteiger partial charge in [-0.3, -0.25) is 20.0 Å². The molecule has 3 rings (SSSR count). The summed E-state index contributed by atoms with van der Waals surface area (Å²) >= 11 is 6.43. The number of aliphatic hydroxyl groups is 2. The lowest BCUT2D eigenvalue weighted by atomic mass is 9.92. The summed E-state index contributed by atoms with van der Waals surface area (Å²) in [6.45, 7) is 8.38. The maximum atomic E-state index is 11.0. The van der Waals surface area contributed by atoms with Crippen molar-refractivity contribution in [1.29, 1.82) is 10.7 Å². The predicted octanol–water partition coefficient (Wildman–Crippen LogP) is 6.56. The maximum Gasteiger partial charge on any atom is 0.306 e. The highest BCUT2D eigenvalue weighted by atomic mass is 35.5. The van der Waals surface area contributed by atoms with Gasteiger partial charge < -0.3 is 44.7 Å². The van der Waals surface area contributed by atoms with Gasteiger partial charge in [-0.15, -0.1) is 0 Å². The first-order valence-corrected chi connectivity index (χ1v) is 19.6. The molecule has 324 valence electrons. The third-order valence-electron chi connectivity index (χ3n) is 9.02. The van der Waals surface area contributed by atoms with E-state index in [1.54, 1.807) is 24.4 Å². The van der Waals surface area contributed by atoms with Gasteiger partial charge in [0, 0.05) is 48.2 Å². The molecule has 15 nitrogen and oxygen atoms in total. The van der Waals surface area contributed by atoms with Crippen LogP contribution in [0.3, 0.4) is 0 Å². The second-order valence-electron chi connectivity index (χ2n) is 13.7. The van der Waals surface area contributed by atoms with E-state index in [4.69, 9.17) is 46.2 Å². The average Bonchev–Trinajstić information content (AvgIpc) is 3.22. The summed E-state index contributed by atoms with van der Waals surface area (Å²) in [7, 11) is 1.34. The molecule has 16 heteroatoms. The molecule has 0 aliphatic carbocycles.